The fraction of sp³-hybridized carbons (Fsp3) is 0.417. The number of aromatic hydroxyl groups is 1. The van der Waals surface area contributed by atoms with E-state index in [1.54, 1.807) is 6.07 Å². The fourth-order valence-electron chi connectivity index (χ4n) is 4.45. The van der Waals surface area contributed by atoms with E-state index in [1.807, 2.05) is 58.3 Å². The standard InChI is InChI=1S/C24H29N3O3/c28-22-11-5-4-10-21(22)25-13-15-26(16-14-25)24(30)20-9-6-12-27(18-20)23(29)17-19-7-2-1-3-8-19/h1-5,7-8,10-11,20,28H,6,9,12-18H2. The van der Waals surface area contributed by atoms with Crippen molar-refractivity contribution in [1.29, 1.82) is 0 Å². The van der Waals surface area contributed by atoms with Gasteiger partial charge in [0.05, 0.1) is 18.0 Å². The number of likely N-dealkylation sites (tertiary alicyclic amines) is 1. The van der Waals surface area contributed by atoms with E-state index in [-0.39, 0.29) is 23.5 Å². The van der Waals surface area contributed by atoms with Gasteiger partial charge in [0, 0.05) is 39.3 Å². The zero-order chi connectivity index (χ0) is 20.9. The van der Waals surface area contributed by atoms with Crippen LogP contribution in [0.3, 0.4) is 0 Å². The summed E-state index contributed by atoms with van der Waals surface area (Å²) in [5.41, 5.74) is 1.83. The van der Waals surface area contributed by atoms with E-state index < -0.39 is 0 Å². The van der Waals surface area contributed by atoms with Gasteiger partial charge in [0.2, 0.25) is 11.8 Å². The fourth-order valence-corrected chi connectivity index (χ4v) is 4.45. The highest BCUT2D eigenvalue weighted by Gasteiger charge is 2.32. The Morgan fingerprint density at radius 2 is 1.57 bits per heavy atom. The first kappa shape index (κ1) is 20.3. The number of nitrogens with zero attached hydrogens (tertiary/aromatic N) is 3. The normalized spacial score (nSPS) is 19.6. The molecule has 4 rings (SSSR count). The van der Waals surface area contributed by atoms with E-state index in [2.05, 4.69) is 4.90 Å². The van der Waals surface area contributed by atoms with Crippen LogP contribution in [-0.4, -0.2) is 66.0 Å². The van der Waals surface area contributed by atoms with Crippen LogP contribution in [0, 0.1) is 5.92 Å². The number of phenolic OH excluding ortho intramolecular Hbond substituents is 1. The van der Waals surface area contributed by atoms with Gasteiger partial charge in [-0.1, -0.05) is 42.5 Å². The Morgan fingerprint density at radius 3 is 2.30 bits per heavy atom. The van der Waals surface area contributed by atoms with Gasteiger partial charge in [-0.3, -0.25) is 9.59 Å². The Hall–Kier alpha value is -3.02. The molecular weight excluding hydrogens is 378 g/mol. The van der Waals surface area contributed by atoms with Crippen molar-refractivity contribution in [2.45, 2.75) is 19.3 Å². The number of hydrogen-bond donors (Lipinski definition) is 1. The van der Waals surface area contributed by atoms with E-state index in [0.29, 0.717) is 39.1 Å². The number of para-hydroxylation sites is 2. The molecule has 6 nitrogen and oxygen atoms in total. The maximum atomic E-state index is 13.1. The summed E-state index contributed by atoms with van der Waals surface area (Å²) in [4.78, 5) is 31.7. The molecule has 1 N–H and O–H groups in total. The van der Waals surface area contributed by atoms with Crippen molar-refractivity contribution in [3.8, 4) is 5.75 Å². The third kappa shape index (κ3) is 4.58. The summed E-state index contributed by atoms with van der Waals surface area (Å²) in [6.45, 7) is 3.93. The molecule has 30 heavy (non-hydrogen) atoms. The number of piperazine rings is 1. The van der Waals surface area contributed by atoms with Gasteiger partial charge in [-0.2, -0.15) is 0 Å². The molecule has 0 bridgehead atoms. The Labute approximate surface area is 177 Å². The molecule has 1 atom stereocenters. The van der Waals surface area contributed by atoms with Crippen LogP contribution in [0.15, 0.2) is 54.6 Å². The van der Waals surface area contributed by atoms with Crippen molar-refractivity contribution in [2.75, 3.05) is 44.2 Å². The van der Waals surface area contributed by atoms with E-state index >= 15 is 0 Å². The number of amides is 2. The van der Waals surface area contributed by atoms with Gasteiger partial charge in [-0.05, 0) is 30.5 Å². The monoisotopic (exact) mass is 407 g/mol. The molecule has 2 heterocycles. The van der Waals surface area contributed by atoms with Gasteiger partial charge in [-0.25, -0.2) is 0 Å². The van der Waals surface area contributed by atoms with Gasteiger partial charge in [-0.15, -0.1) is 0 Å². The summed E-state index contributed by atoms with van der Waals surface area (Å²) < 4.78 is 0. The average Bonchev–Trinajstić information content (AvgIpc) is 2.80. The highest BCUT2D eigenvalue weighted by atomic mass is 16.3. The van der Waals surface area contributed by atoms with Crippen LogP contribution in [0.5, 0.6) is 5.75 Å². The summed E-state index contributed by atoms with van der Waals surface area (Å²) in [6.07, 6.45) is 2.10. The number of anilines is 1. The second-order valence-corrected chi connectivity index (χ2v) is 8.14. The second-order valence-electron chi connectivity index (χ2n) is 8.14. The Balaban J connectivity index is 1.31. The van der Waals surface area contributed by atoms with Crippen LogP contribution in [0.25, 0.3) is 0 Å². The Bertz CT molecular complexity index is 878. The zero-order valence-electron chi connectivity index (χ0n) is 17.2. The van der Waals surface area contributed by atoms with Crippen LogP contribution in [-0.2, 0) is 16.0 Å². The summed E-state index contributed by atoms with van der Waals surface area (Å²) in [6, 6.07) is 17.1. The predicted octanol–water partition coefficient (Wildman–Crippen LogP) is 2.52. The molecule has 2 aliphatic heterocycles. The lowest BCUT2D eigenvalue weighted by molar-refractivity contribution is -0.140. The van der Waals surface area contributed by atoms with Gasteiger partial charge >= 0.3 is 0 Å². The number of piperidine rings is 1. The first-order valence-corrected chi connectivity index (χ1v) is 10.8. The second kappa shape index (κ2) is 9.20. The molecule has 2 aliphatic rings. The van der Waals surface area contributed by atoms with Gasteiger partial charge in [0.1, 0.15) is 5.75 Å². The average molecular weight is 408 g/mol. The summed E-state index contributed by atoms with van der Waals surface area (Å²) in [5.74, 6) is 0.416. The summed E-state index contributed by atoms with van der Waals surface area (Å²) in [5, 5.41) is 10.1. The molecule has 2 amide bonds. The van der Waals surface area contributed by atoms with Crippen LogP contribution >= 0.6 is 0 Å². The number of carbonyl (C=O) groups is 2. The van der Waals surface area contributed by atoms with Crippen molar-refractivity contribution in [3.63, 3.8) is 0 Å². The largest absolute Gasteiger partial charge is 0.506 e. The first-order chi connectivity index (χ1) is 14.6. The minimum atomic E-state index is -0.116. The number of benzene rings is 2. The SMILES string of the molecule is O=C(Cc1ccccc1)N1CCCC(C(=O)N2CCN(c3ccccc3O)CC2)C1. The maximum Gasteiger partial charge on any atom is 0.227 e. The molecule has 6 heteroatoms. The highest BCUT2D eigenvalue weighted by molar-refractivity contribution is 5.82. The minimum Gasteiger partial charge on any atom is -0.506 e. The molecule has 2 saturated heterocycles. The van der Waals surface area contributed by atoms with Crippen molar-refractivity contribution < 1.29 is 14.7 Å². The number of phenols is 1. The smallest absolute Gasteiger partial charge is 0.227 e. The molecule has 0 aromatic heterocycles. The van der Waals surface area contributed by atoms with Crippen molar-refractivity contribution in [1.82, 2.24) is 9.80 Å². The molecule has 2 aromatic rings. The molecule has 0 aliphatic carbocycles. The topological polar surface area (TPSA) is 64.1 Å². The maximum absolute atomic E-state index is 13.1. The Morgan fingerprint density at radius 1 is 0.867 bits per heavy atom. The van der Waals surface area contributed by atoms with Gasteiger partial charge in [0.25, 0.3) is 0 Å². The number of carbonyl (C=O) groups excluding carboxylic acids is 2. The molecule has 2 aromatic carbocycles. The zero-order valence-corrected chi connectivity index (χ0v) is 17.2. The van der Waals surface area contributed by atoms with E-state index in [9.17, 15) is 14.7 Å². The van der Waals surface area contributed by atoms with Gasteiger partial charge < -0.3 is 19.8 Å². The third-order valence-corrected chi connectivity index (χ3v) is 6.14. The van der Waals surface area contributed by atoms with Gasteiger partial charge in [0.15, 0.2) is 0 Å². The summed E-state index contributed by atoms with van der Waals surface area (Å²) in [7, 11) is 0. The highest BCUT2D eigenvalue weighted by Crippen LogP contribution is 2.28. The van der Waals surface area contributed by atoms with Crippen molar-refractivity contribution >= 4 is 17.5 Å². The molecule has 158 valence electrons. The lowest BCUT2D eigenvalue weighted by Gasteiger charge is -2.39. The molecule has 0 saturated carbocycles. The van der Waals surface area contributed by atoms with Crippen LogP contribution in [0.2, 0.25) is 0 Å². The number of rotatable bonds is 4. The molecule has 1 unspecified atom stereocenters. The lowest BCUT2D eigenvalue weighted by Crippen LogP contribution is -2.53. The molecule has 0 radical (unpaired) electrons. The Kier molecular flexibility index (Phi) is 6.21. The van der Waals surface area contributed by atoms with Crippen molar-refractivity contribution in [3.05, 3.63) is 60.2 Å². The lowest BCUT2D eigenvalue weighted by atomic mass is 9.95. The van der Waals surface area contributed by atoms with E-state index in [4.69, 9.17) is 0 Å². The molecular formula is C24H29N3O3. The van der Waals surface area contributed by atoms with Crippen LogP contribution in [0.4, 0.5) is 5.69 Å². The minimum absolute atomic E-state index is 0.100. The summed E-state index contributed by atoms with van der Waals surface area (Å²) >= 11 is 0. The quantitative estimate of drug-likeness (QED) is 0.846. The van der Waals surface area contributed by atoms with Crippen LogP contribution in [0.1, 0.15) is 18.4 Å². The van der Waals surface area contributed by atoms with E-state index in [1.165, 1.54) is 0 Å². The predicted molar refractivity (Wildman–Crippen MR) is 116 cm³/mol. The number of hydrogen-bond acceptors (Lipinski definition) is 4. The molecule has 0 spiro atoms. The third-order valence-electron chi connectivity index (χ3n) is 6.14. The van der Waals surface area contributed by atoms with Crippen molar-refractivity contribution in [2.24, 2.45) is 5.92 Å². The molecule has 2 fully saturated rings. The van der Waals surface area contributed by atoms with Crippen LogP contribution < -0.4 is 4.90 Å². The first-order valence-electron chi connectivity index (χ1n) is 10.8. The van der Waals surface area contributed by atoms with E-state index in [0.717, 1.165) is 30.6 Å².